The third kappa shape index (κ3) is 6.66. The first-order valence-electron chi connectivity index (χ1n) is 9.75. The van der Waals surface area contributed by atoms with Crippen molar-refractivity contribution in [3.63, 3.8) is 0 Å². The number of hydrogen-bond donors (Lipinski definition) is 1. The predicted molar refractivity (Wildman–Crippen MR) is 116 cm³/mol. The maximum absolute atomic E-state index is 12.4. The molecule has 0 aliphatic heterocycles. The van der Waals surface area contributed by atoms with E-state index in [1.807, 2.05) is 79.7 Å². The van der Waals surface area contributed by atoms with Crippen LogP contribution in [-0.2, 0) is 14.3 Å². The van der Waals surface area contributed by atoms with E-state index in [0.717, 1.165) is 11.1 Å². The fourth-order valence-corrected chi connectivity index (χ4v) is 2.95. The summed E-state index contributed by atoms with van der Waals surface area (Å²) < 4.78 is 10.6. The highest BCUT2D eigenvalue weighted by atomic mass is 16.5. The zero-order valence-corrected chi connectivity index (χ0v) is 17.1. The second-order valence-corrected chi connectivity index (χ2v) is 6.66. The van der Waals surface area contributed by atoms with Gasteiger partial charge in [-0.05, 0) is 6.92 Å². The number of benzene rings is 2. The van der Waals surface area contributed by atoms with Crippen LogP contribution in [0.15, 0.2) is 77.8 Å². The molecular weight excluding hydrogens is 366 g/mol. The molecule has 0 aliphatic rings. The number of ether oxygens (including phenoxy) is 2. The molecule has 0 aliphatic carbocycles. The van der Waals surface area contributed by atoms with Crippen molar-refractivity contribution in [2.75, 3.05) is 26.9 Å². The van der Waals surface area contributed by atoms with Crippen molar-refractivity contribution >= 4 is 11.7 Å². The van der Waals surface area contributed by atoms with E-state index in [4.69, 9.17) is 14.5 Å². The molecule has 0 heterocycles. The van der Waals surface area contributed by atoms with Crippen LogP contribution in [0.3, 0.4) is 0 Å². The number of aliphatic imine (C=N–C) groups is 1. The van der Waals surface area contributed by atoms with Crippen molar-refractivity contribution in [3.05, 3.63) is 83.9 Å². The summed E-state index contributed by atoms with van der Waals surface area (Å²) in [5.74, 6) is -0.963. The van der Waals surface area contributed by atoms with Crippen LogP contribution in [0.5, 0.6) is 0 Å². The zero-order valence-electron chi connectivity index (χ0n) is 17.1. The summed E-state index contributed by atoms with van der Waals surface area (Å²) in [6.07, 6.45) is 4.25. The number of methoxy groups -OCH3 is 1. The Labute approximate surface area is 172 Å². The summed E-state index contributed by atoms with van der Waals surface area (Å²) in [7, 11) is 1.60. The Hall–Kier alpha value is -2.76. The Morgan fingerprint density at radius 1 is 1.00 bits per heavy atom. The minimum atomic E-state index is -1.32. The lowest BCUT2D eigenvalue weighted by Crippen LogP contribution is -2.39. The molecule has 154 valence electrons. The number of carboxylic acid groups (broad SMARTS) is 1. The molecule has 1 N–H and O–H groups in total. The maximum atomic E-state index is 12.4. The van der Waals surface area contributed by atoms with Gasteiger partial charge >= 0.3 is 5.97 Å². The summed E-state index contributed by atoms with van der Waals surface area (Å²) in [4.78, 5) is 17.3. The molecule has 0 spiro atoms. The number of carboxylic acids is 1. The first kappa shape index (κ1) is 22.5. The monoisotopic (exact) mass is 395 g/mol. The standard InChI is InChI=1S/C24H29NO4/c1-3-4-15-24(23(26)27,16-17-29-19-18-28-2)25-22(20-11-7-5-8-12-20)21-13-9-6-10-14-21/h3-14H,15-19H2,1-2H3,(H,26,27)/b4-3+. The van der Waals surface area contributed by atoms with Crippen LogP contribution in [0.1, 0.15) is 30.9 Å². The van der Waals surface area contributed by atoms with Gasteiger partial charge in [-0.2, -0.15) is 0 Å². The fourth-order valence-electron chi connectivity index (χ4n) is 2.95. The van der Waals surface area contributed by atoms with Gasteiger partial charge < -0.3 is 14.6 Å². The Kier molecular flexibility index (Phi) is 9.28. The van der Waals surface area contributed by atoms with E-state index in [9.17, 15) is 9.90 Å². The second kappa shape index (κ2) is 11.9. The third-order valence-electron chi connectivity index (χ3n) is 4.60. The van der Waals surface area contributed by atoms with Crippen LogP contribution in [0, 0.1) is 0 Å². The largest absolute Gasteiger partial charge is 0.479 e. The Morgan fingerprint density at radius 2 is 1.59 bits per heavy atom. The summed E-state index contributed by atoms with van der Waals surface area (Å²) in [5.41, 5.74) is 1.10. The van der Waals surface area contributed by atoms with Gasteiger partial charge in [0.25, 0.3) is 0 Å². The molecule has 1 atom stereocenters. The Balaban J connectivity index is 2.48. The van der Waals surface area contributed by atoms with Crippen molar-refractivity contribution in [3.8, 4) is 0 Å². The first-order valence-corrected chi connectivity index (χ1v) is 9.75. The smallest absolute Gasteiger partial charge is 0.332 e. The van der Waals surface area contributed by atoms with Crippen LogP contribution in [0.2, 0.25) is 0 Å². The van der Waals surface area contributed by atoms with Gasteiger partial charge in [0.05, 0.1) is 18.9 Å². The highest BCUT2D eigenvalue weighted by Gasteiger charge is 2.37. The third-order valence-corrected chi connectivity index (χ3v) is 4.60. The molecule has 0 fully saturated rings. The summed E-state index contributed by atoms with van der Waals surface area (Å²) >= 11 is 0. The van der Waals surface area contributed by atoms with Gasteiger partial charge in [-0.3, -0.25) is 4.99 Å². The molecule has 0 bridgehead atoms. The molecule has 0 saturated heterocycles. The van der Waals surface area contributed by atoms with E-state index in [0.29, 0.717) is 18.9 Å². The number of hydrogen-bond acceptors (Lipinski definition) is 4. The molecule has 2 aromatic rings. The first-order chi connectivity index (χ1) is 14.1. The molecule has 0 saturated carbocycles. The lowest BCUT2D eigenvalue weighted by atomic mass is 9.90. The molecule has 5 nitrogen and oxygen atoms in total. The fraction of sp³-hybridized carbons (Fsp3) is 0.333. The maximum Gasteiger partial charge on any atom is 0.332 e. The van der Waals surface area contributed by atoms with Crippen molar-refractivity contribution in [1.82, 2.24) is 0 Å². The Bertz CT molecular complexity index is 761. The van der Waals surface area contributed by atoms with E-state index in [1.165, 1.54) is 0 Å². The Morgan fingerprint density at radius 3 is 2.07 bits per heavy atom. The highest BCUT2D eigenvalue weighted by molar-refractivity contribution is 6.13. The molecule has 0 amide bonds. The number of allylic oxidation sites excluding steroid dienone is 1. The topological polar surface area (TPSA) is 68.1 Å². The van der Waals surface area contributed by atoms with Gasteiger partial charge in [0, 0.05) is 37.7 Å². The van der Waals surface area contributed by atoms with Crippen molar-refractivity contribution in [1.29, 1.82) is 0 Å². The van der Waals surface area contributed by atoms with Gasteiger partial charge in [-0.25, -0.2) is 4.79 Å². The number of aliphatic carboxylic acids is 1. The normalized spacial score (nSPS) is 13.2. The van der Waals surface area contributed by atoms with Crippen LogP contribution < -0.4 is 0 Å². The molecule has 0 radical (unpaired) electrons. The molecule has 0 aromatic heterocycles. The summed E-state index contributed by atoms with van der Waals surface area (Å²) in [6.45, 7) is 3.05. The van der Waals surface area contributed by atoms with Gasteiger partial charge in [-0.1, -0.05) is 72.8 Å². The summed E-state index contributed by atoms with van der Waals surface area (Å²) in [5, 5.41) is 10.2. The van der Waals surface area contributed by atoms with E-state index in [-0.39, 0.29) is 19.4 Å². The molecule has 29 heavy (non-hydrogen) atoms. The quantitative estimate of drug-likeness (QED) is 0.329. The minimum absolute atomic E-state index is 0.263. The minimum Gasteiger partial charge on any atom is -0.479 e. The molecule has 2 aromatic carbocycles. The van der Waals surface area contributed by atoms with Gasteiger partial charge in [0.1, 0.15) is 0 Å². The highest BCUT2D eigenvalue weighted by Crippen LogP contribution is 2.26. The van der Waals surface area contributed by atoms with Gasteiger partial charge in [0.15, 0.2) is 5.54 Å². The van der Waals surface area contributed by atoms with Crippen LogP contribution in [-0.4, -0.2) is 49.3 Å². The number of nitrogens with zero attached hydrogens (tertiary/aromatic N) is 1. The van der Waals surface area contributed by atoms with Crippen LogP contribution >= 0.6 is 0 Å². The lowest BCUT2D eigenvalue weighted by molar-refractivity contribution is -0.143. The van der Waals surface area contributed by atoms with Crippen LogP contribution in [0.25, 0.3) is 0 Å². The number of rotatable bonds is 12. The lowest BCUT2D eigenvalue weighted by Gasteiger charge is -2.26. The molecule has 2 rings (SSSR count). The van der Waals surface area contributed by atoms with Crippen molar-refractivity contribution in [2.24, 2.45) is 4.99 Å². The summed E-state index contributed by atoms with van der Waals surface area (Å²) in [6, 6.07) is 19.4. The van der Waals surface area contributed by atoms with Crippen LogP contribution in [0.4, 0.5) is 0 Å². The molecule has 1 unspecified atom stereocenters. The second-order valence-electron chi connectivity index (χ2n) is 6.66. The average molecular weight is 395 g/mol. The molecule has 5 heteroatoms. The van der Waals surface area contributed by atoms with Gasteiger partial charge in [0.2, 0.25) is 0 Å². The van der Waals surface area contributed by atoms with Crippen molar-refractivity contribution < 1.29 is 19.4 Å². The van der Waals surface area contributed by atoms with Crippen molar-refractivity contribution in [2.45, 2.75) is 25.3 Å². The SMILES string of the molecule is C/C=C/CC(CCOCCOC)(N=C(c1ccccc1)c1ccccc1)C(=O)O. The zero-order chi connectivity index (χ0) is 21.0. The van der Waals surface area contributed by atoms with E-state index < -0.39 is 11.5 Å². The predicted octanol–water partition coefficient (Wildman–Crippen LogP) is 4.37. The van der Waals surface area contributed by atoms with Gasteiger partial charge in [-0.15, -0.1) is 0 Å². The van der Waals surface area contributed by atoms with E-state index in [2.05, 4.69) is 0 Å². The number of carbonyl (C=O) groups is 1. The van der Waals surface area contributed by atoms with E-state index in [1.54, 1.807) is 7.11 Å². The molecular formula is C24H29NO4. The van der Waals surface area contributed by atoms with E-state index >= 15 is 0 Å². The average Bonchev–Trinajstić information content (AvgIpc) is 2.76.